The van der Waals surface area contributed by atoms with Gasteiger partial charge >= 0.3 is 0 Å². The fourth-order valence-corrected chi connectivity index (χ4v) is 3.38. The number of anilines is 2. The Morgan fingerprint density at radius 1 is 1.28 bits per heavy atom. The van der Waals surface area contributed by atoms with Crippen LogP contribution in [0.4, 0.5) is 21.6 Å². The number of nitrogens with two attached hydrogens (primary N) is 1. The van der Waals surface area contributed by atoms with Crippen LogP contribution in [0, 0.1) is 12.7 Å². The summed E-state index contributed by atoms with van der Waals surface area (Å²) in [6, 6.07) is 7.39. The topological polar surface area (TPSA) is 120 Å². The van der Waals surface area contributed by atoms with Crippen molar-refractivity contribution in [2.24, 2.45) is 10.1 Å². The normalized spacial score (nSPS) is 11.3. The van der Waals surface area contributed by atoms with Crippen molar-refractivity contribution in [3.8, 4) is 5.75 Å². The van der Waals surface area contributed by atoms with Gasteiger partial charge in [0.15, 0.2) is 6.61 Å². The number of fused-ring (bicyclic) bond motifs is 1. The lowest BCUT2D eigenvalue weighted by Gasteiger charge is -2.14. The number of hydrogen-bond acceptors (Lipinski definition) is 7. The fourth-order valence-electron chi connectivity index (χ4n) is 2.77. The predicted octanol–water partition coefficient (Wildman–Crippen LogP) is 3.04. The van der Waals surface area contributed by atoms with E-state index in [1.807, 2.05) is 6.92 Å². The largest absolute Gasteiger partial charge is 0.481 e. The summed E-state index contributed by atoms with van der Waals surface area (Å²) < 4.78 is 35.1. The lowest BCUT2D eigenvalue weighted by atomic mass is 10.1. The smallest absolute Gasteiger partial charge is 0.255 e. The molecule has 1 aromatic heterocycles. The van der Waals surface area contributed by atoms with Gasteiger partial charge in [-0.2, -0.15) is 4.36 Å². The summed E-state index contributed by atoms with van der Waals surface area (Å²) in [5.74, 6) is -0.615. The van der Waals surface area contributed by atoms with Gasteiger partial charge in [0.1, 0.15) is 23.7 Å². The Morgan fingerprint density at radius 2 is 2.03 bits per heavy atom. The van der Waals surface area contributed by atoms with Crippen LogP contribution in [0.15, 0.2) is 41.0 Å². The number of primary amides is 1. The Bertz CT molecular complexity index is 1210. The monoisotopic (exact) mass is 417 g/mol. The number of amides is 1. The first kappa shape index (κ1) is 20.5. The predicted molar refractivity (Wildman–Crippen MR) is 111 cm³/mol. The Morgan fingerprint density at radius 3 is 2.72 bits per heavy atom. The number of hydrogen-bond donors (Lipinski definition) is 2. The molecule has 0 spiro atoms. The number of carbonyl (C=O) groups excluding carboxylic acids is 1. The fraction of sp³-hybridized carbons (Fsp3) is 0.211. The van der Waals surface area contributed by atoms with Crippen LogP contribution in [0.3, 0.4) is 0 Å². The van der Waals surface area contributed by atoms with Crippen LogP contribution < -0.4 is 15.8 Å². The van der Waals surface area contributed by atoms with E-state index in [1.165, 1.54) is 18.5 Å². The highest BCUT2D eigenvalue weighted by atomic mass is 32.2. The molecule has 2 aromatic carbocycles. The van der Waals surface area contributed by atoms with Crippen molar-refractivity contribution in [3.63, 3.8) is 0 Å². The second-order valence-electron chi connectivity index (χ2n) is 6.67. The van der Waals surface area contributed by atoms with Crippen LogP contribution in [-0.2, 0) is 14.5 Å². The molecule has 0 atom stereocenters. The first-order chi connectivity index (χ1) is 13.6. The standard InChI is InChI=1S/C19H20FN5O3S/c1-11-6-13(25-29(2,3)27)8-15-18(11)19(23-10-22-15)24-14-5-4-12(20)7-16(14)28-9-17(21)26/h4-8,10H,9H2,1-3H3,(H2,21,26)(H,22,23,24). The average molecular weight is 417 g/mol. The Hall–Kier alpha value is -3.27. The van der Waals surface area contributed by atoms with Gasteiger partial charge < -0.3 is 15.8 Å². The van der Waals surface area contributed by atoms with E-state index in [9.17, 15) is 13.4 Å². The summed E-state index contributed by atoms with van der Waals surface area (Å²) in [6.07, 6.45) is 4.49. The van der Waals surface area contributed by atoms with E-state index in [-0.39, 0.29) is 12.4 Å². The Labute approximate surface area is 167 Å². The maximum atomic E-state index is 13.6. The number of nitrogens with one attached hydrogen (secondary N) is 1. The van der Waals surface area contributed by atoms with Gasteiger partial charge in [0.25, 0.3) is 5.91 Å². The number of aryl methyl sites for hydroxylation is 1. The van der Waals surface area contributed by atoms with Gasteiger partial charge in [0.05, 0.1) is 16.9 Å². The Balaban J connectivity index is 2.06. The van der Waals surface area contributed by atoms with E-state index in [4.69, 9.17) is 10.5 Å². The third-order valence-corrected chi connectivity index (χ3v) is 4.46. The molecule has 152 valence electrons. The molecular formula is C19H20FN5O3S. The molecule has 1 heterocycles. The van der Waals surface area contributed by atoms with Gasteiger partial charge in [0.2, 0.25) is 0 Å². The minimum Gasteiger partial charge on any atom is -0.481 e. The number of nitrogens with zero attached hydrogens (tertiary/aromatic N) is 3. The minimum atomic E-state index is -2.32. The summed E-state index contributed by atoms with van der Waals surface area (Å²) in [6.45, 7) is 1.47. The van der Waals surface area contributed by atoms with Crippen LogP contribution >= 0.6 is 0 Å². The minimum absolute atomic E-state index is 0.122. The van der Waals surface area contributed by atoms with E-state index in [2.05, 4.69) is 19.6 Å². The summed E-state index contributed by atoms with van der Waals surface area (Å²) >= 11 is 0. The molecule has 0 aliphatic rings. The van der Waals surface area contributed by atoms with E-state index in [0.29, 0.717) is 22.7 Å². The number of carbonyl (C=O) groups is 1. The van der Waals surface area contributed by atoms with Gasteiger partial charge in [-0.15, -0.1) is 0 Å². The molecule has 10 heteroatoms. The van der Waals surface area contributed by atoms with Gasteiger partial charge in [-0.3, -0.25) is 4.79 Å². The van der Waals surface area contributed by atoms with Crippen molar-refractivity contribution >= 4 is 43.7 Å². The molecule has 0 radical (unpaired) electrons. The number of benzene rings is 2. The second-order valence-corrected chi connectivity index (χ2v) is 9.22. The average Bonchev–Trinajstić information content (AvgIpc) is 2.60. The molecule has 0 fully saturated rings. The zero-order chi connectivity index (χ0) is 21.2. The van der Waals surface area contributed by atoms with Crippen LogP contribution in [0.5, 0.6) is 5.75 Å². The third-order valence-electron chi connectivity index (χ3n) is 3.81. The first-order valence-electron chi connectivity index (χ1n) is 8.52. The molecule has 0 unspecified atom stereocenters. The highest BCUT2D eigenvalue weighted by molar-refractivity contribution is 7.92. The number of halogens is 1. The molecule has 0 aliphatic heterocycles. The first-order valence-corrected chi connectivity index (χ1v) is 10.9. The molecule has 0 aliphatic carbocycles. The molecule has 0 bridgehead atoms. The van der Waals surface area contributed by atoms with Gasteiger partial charge in [0, 0.05) is 33.7 Å². The molecule has 3 rings (SSSR count). The van der Waals surface area contributed by atoms with Crippen molar-refractivity contribution in [3.05, 3.63) is 48.0 Å². The highest BCUT2D eigenvalue weighted by Gasteiger charge is 2.13. The van der Waals surface area contributed by atoms with Crippen LogP contribution in [0.25, 0.3) is 10.9 Å². The number of ether oxygens (including phenoxy) is 1. The van der Waals surface area contributed by atoms with Crippen molar-refractivity contribution in [2.75, 3.05) is 24.4 Å². The number of rotatable bonds is 6. The van der Waals surface area contributed by atoms with Crippen molar-refractivity contribution in [2.45, 2.75) is 6.92 Å². The SMILES string of the molecule is Cc1cc(N=S(C)(C)=O)cc2ncnc(Nc3ccc(F)cc3OCC(N)=O)c12. The maximum Gasteiger partial charge on any atom is 0.255 e. The molecule has 3 N–H and O–H groups in total. The van der Waals surface area contributed by atoms with Crippen molar-refractivity contribution in [1.82, 2.24) is 9.97 Å². The zero-order valence-electron chi connectivity index (χ0n) is 16.1. The molecule has 1 amide bonds. The van der Waals surface area contributed by atoms with E-state index in [0.717, 1.165) is 17.0 Å². The molecular weight excluding hydrogens is 397 g/mol. The summed E-state index contributed by atoms with van der Waals surface area (Å²) in [5, 5.41) is 3.81. The van der Waals surface area contributed by atoms with Crippen molar-refractivity contribution < 1.29 is 18.1 Å². The summed E-state index contributed by atoms with van der Waals surface area (Å²) in [5.41, 5.74) is 7.49. The van der Waals surface area contributed by atoms with Gasteiger partial charge in [-0.1, -0.05) is 0 Å². The molecule has 8 nitrogen and oxygen atoms in total. The van der Waals surface area contributed by atoms with Crippen molar-refractivity contribution in [1.29, 1.82) is 0 Å². The summed E-state index contributed by atoms with van der Waals surface area (Å²) in [7, 11) is -2.32. The van der Waals surface area contributed by atoms with Crippen LogP contribution in [-0.4, -0.2) is 39.2 Å². The van der Waals surface area contributed by atoms with E-state index < -0.39 is 21.5 Å². The third kappa shape index (κ3) is 5.17. The van der Waals surface area contributed by atoms with Crippen LogP contribution in [0.2, 0.25) is 0 Å². The quantitative estimate of drug-likeness (QED) is 0.636. The van der Waals surface area contributed by atoms with Gasteiger partial charge in [-0.25, -0.2) is 18.6 Å². The maximum absolute atomic E-state index is 13.6. The van der Waals surface area contributed by atoms with Gasteiger partial charge in [-0.05, 0) is 36.8 Å². The second kappa shape index (κ2) is 8.00. The van der Waals surface area contributed by atoms with E-state index in [1.54, 1.807) is 24.6 Å². The lowest BCUT2D eigenvalue weighted by Crippen LogP contribution is -2.20. The Kier molecular flexibility index (Phi) is 5.64. The van der Waals surface area contributed by atoms with E-state index >= 15 is 0 Å². The molecule has 29 heavy (non-hydrogen) atoms. The lowest BCUT2D eigenvalue weighted by molar-refractivity contribution is -0.119. The molecule has 0 saturated carbocycles. The zero-order valence-corrected chi connectivity index (χ0v) is 16.9. The molecule has 3 aromatic rings. The van der Waals surface area contributed by atoms with Crippen LogP contribution in [0.1, 0.15) is 5.56 Å². The summed E-state index contributed by atoms with van der Waals surface area (Å²) in [4.78, 5) is 19.6. The number of aromatic nitrogens is 2. The molecule has 0 saturated heterocycles. The highest BCUT2D eigenvalue weighted by Crippen LogP contribution is 2.33.